The zero-order valence-electron chi connectivity index (χ0n) is 19.7. The maximum absolute atomic E-state index is 13.1. The smallest absolute Gasteiger partial charge is 0.243 e. The predicted molar refractivity (Wildman–Crippen MR) is 135 cm³/mol. The highest BCUT2D eigenvalue weighted by Crippen LogP contribution is 2.30. The van der Waals surface area contributed by atoms with Gasteiger partial charge in [-0.25, -0.2) is 0 Å². The van der Waals surface area contributed by atoms with Gasteiger partial charge in [0.05, 0.1) is 12.1 Å². The number of fused-ring (bicyclic) bond motifs is 5. The normalized spacial score (nSPS) is 21.1. The first-order chi connectivity index (χ1) is 16.6. The predicted octanol–water partition coefficient (Wildman–Crippen LogP) is -0.962. The Morgan fingerprint density at radius 2 is 1.58 bits per heavy atom. The number of hydrogen-bond acceptors (Lipinski definition) is 8. The summed E-state index contributed by atoms with van der Waals surface area (Å²) >= 11 is 0. The molecule has 3 rings (SSSR count). The maximum atomic E-state index is 13.1. The molecule has 1 aliphatic heterocycles. The summed E-state index contributed by atoms with van der Waals surface area (Å²) in [6, 6.07) is 6.27. The van der Waals surface area contributed by atoms with Crippen molar-refractivity contribution in [1.82, 2.24) is 16.0 Å². The Hall–Kier alpha value is -3.38. The first-order valence-corrected chi connectivity index (χ1v) is 11.2. The summed E-state index contributed by atoms with van der Waals surface area (Å²) < 4.78 is 0. The maximum Gasteiger partial charge on any atom is 0.243 e. The highest BCUT2D eigenvalue weighted by molar-refractivity contribution is 5.93. The van der Waals surface area contributed by atoms with Crippen LogP contribution in [0.4, 0.5) is 0 Å². The molecular weight excluding hydrogens is 490 g/mol. The second-order valence-corrected chi connectivity index (χ2v) is 8.56. The van der Waals surface area contributed by atoms with E-state index in [1.165, 1.54) is 19.2 Å². The van der Waals surface area contributed by atoms with Gasteiger partial charge >= 0.3 is 0 Å². The molecule has 10 N–H and O–H groups in total. The van der Waals surface area contributed by atoms with Crippen molar-refractivity contribution < 1.29 is 29.7 Å². The van der Waals surface area contributed by atoms with Crippen LogP contribution in [-0.4, -0.2) is 70.9 Å². The first-order valence-electron chi connectivity index (χ1n) is 11.2. The van der Waals surface area contributed by atoms with Crippen molar-refractivity contribution in [2.24, 2.45) is 11.5 Å². The van der Waals surface area contributed by atoms with Crippen LogP contribution in [0, 0.1) is 0 Å². The van der Waals surface area contributed by atoms with Crippen LogP contribution < -0.4 is 27.4 Å². The summed E-state index contributed by atoms with van der Waals surface area (Å²) in [5.74, 6) is -2.02. The van der Waals surface area contributed by atoms with Crippen molar-refractivity contribution in [3.63, 3.8) is 0 Å². The van der Waals surface area contributed by atoms with E-state index in [0.29, 0.717) is 22.3 Å². The van der Waals surface area contributed by atoms with Crippen molar-refractivity contribution >= 4 is 30.1 Å². The quantitative estimate of drug-likeness (QED) is 0.251. The largest absolute Gasteiger partial charge is 0.508 e. The zero-order chi connectivity index (χ0) is 25.7. The number of likely N-dealkylation sites (N-methyl/N-ethyl adjacent to an activating group) is 1. The Morgan fingerprint density at radius 3 is 2.11 bits per heavy atom. The highest BCUT2D eigenvalue weighted by atomic mass is 35.5. The van der Waals surface area contributed by atoms with E-state index in [4.69, 9.17) is 11.5 Å². The second-order valence-electron chi connectivity index (χ2n) is 8.56. The van der Waals surface area contributed by atoms with Gasteiger partial charge in [-0.15, -0.1) is 12.4 Å². The van der Waals surface area contributed by atoms with Crippen LogP contribution in [0.15, 0.2) is 36.4 Å². The van der Waals surface area contributed by atoms with Crippen molar-refractivity contribution in [2.45, 2.75) is 43.5 Å². The Kier molecular flexibility index (Phi) is 10.1. The number of halogens is 1. The minimum Gasteiger partial charge on any atom is -0.508 e. The molecule has 0 aromatic heterocycles. The second kappa shape index (κ2) is 12.5. The summed E-state index contributed by atoms with van der Waals surface area (Å²) in [4.78, 5) is 38.5. The number of phenolic OH excluding ortho intramolecular Hbond substituents is 2. The van der Waals surface area contributed by atoms with Gasteiger partial charge < -0.3 is 42.7 Å². The Labute approximate surface area is 214 Å². The van der Waals surface area contributed by atoms with Gasteiger partial charge in [0.25, 0.3) is 0 Å². The summed E-state index contributed by atoms with van der Waals surface area (Å²) in [5.41, 5.74) is 13.8. The Morgan fingerprint density at radius 1 is 1.03 bits per heavy atom. The van der Waals surface area contributed by atoms with Gasteiger partial charge in [-0.2, -0.15) is 0 Å². The van der Waals surface area contributed by atoms with E-state index in [2.05, 4.69) is 16.0 Å². The zero-order valence-corrected chi connectivity index (χ0v) is 20.5. The van der Waals surface area contributed by atoms with Crippen LogP contribution >= 0.6 is 12.4 Å². The van der Waals surface area contributed by atoms with Crippen LogP contribution in [0.25, 0.3) is 11.1 Å². The molecule has 2 aromatic carbocycles. The summed E-state index contributed by atoms with van der Waals surface area (Å²) in [5, 5.41) is 38.4. The molecule has 2 aromatic rings. The van der Waals surface area contributed by atoms with E-state index in [-0.39, 0.29) is 49.7 Å². The molecule has 1 heterocycles. The summed E-state index contributed by atoms with van der Waals surface area (Å²) in [6.45, 7) is -0.147. The molecule has 0 unspecified atom stereocenters. The van der Waals surface area contributed by atoms with E-state index < -0.39 is 42.0 Å². The molecule has 0 radical (unpaired) electrons. The minimum absolute atomic E-state index is 0. The molecule has 196 valence electrons. The van der Waals surface area contributed by atoms with Gasteiger partial charge in [-0.05, 0) is 46.5 Å². The van der Waals surface area contributed by atoms with E-state index in [9.17, 15) is 29.7 Å². The van der Waals surface area contributed by atoms with E-state index in [0.717, 1.165) is 0 Å². The van der Waals surface area contributed by atoms with Crippen LogP contribution in [0.2, 0.25) is 0 Å². The Balaban J connectivity index is 0.00000456. The fourth-order valence-corrected chi connectivity index (χ4v) is 3.94. The number of aliphatic hydroxyl groups is 1. The number of aromatic hydroxyl groups is 2. The van der Waals surface area contributed by atoms with Crippen LogP contribution in [0.3, 0.4) is 0 Å². The fraction of sp³-hybridized carbons (Fsp3) is 0.375. The number of carbonyl (C=O) groups excluding carboxylic acids is 3. The summed E-state index contributed by atoms with van der Waals surface area (Å²) in [6.07, 6.45) is -1.37. The number of nitrogens with two attached hydrogens (primary N) is 2. The standard InChI is InChI=1S/C24H31N5O6.ClH/c1-27-23(34)18-9-15-7-13(3-5-21(15)32)12-2-4-20(31)14(6-12)8-17(26)22(33)28-19(24(35)29-18)10-16(30)11-25;/h2-7,16-19,30-32H,8-11,25-26H2,1H3,(H,27,34)(H,28,33)(H,29,35);1H/t16-,17+,18+,19+;/m1./s1. The molecule has 1 aliphatic rings. The molecule has 3 amide bonds. The van der Waals surface area contributed by atoms with E-state index in [1.807, 2.05) is 0 Å². The lowest BCUT2D eigenvalue weighted by Gasteiger charge is -2.25. The lowest BCUT2D eigenvalue weighted by Crippen LogP contribution is -2.57. The number of nitrogens with one attached hydrogen (secondary N) is 3. The van der Waals surface area contributed by atoms with E-state index >= 15 is 0 Å². The van der Waals surface area contributed by atoms with Gasteiger partial charge in [-0.1, -0.05) is 12.1 Å². The lowest BCUT2D eigenvalue weighted by atomic mass is 9.95. The minimum atomic E-state index is -1.23. The first kappa shape index (κ1) is 28.9. The number of aliphatic hydroxyl groups excluding tert-OH is 1. The SMILES string of the molecule is CNC(=O)[C@@H]1Cc2cc(ccc2O)-c2ccc(O)c(c2)C[C@H](N)C(=O)N[C@@H](C[C@@H](O)CN)C(=O)N1.Cl. The van der Waals surface area contributed by atoms with Crippen molar-refractivity contribution in [3.05, 3.63) is 47.5 Å². The third-order valence-electron chi connectivity index (χ3n) is 5.99. The molecule has 4 atom stereocenters. The lowest BCUT2D eigenvalue weighted by molar-refractivity contribution is -0.132. The molecule has 0 saturated carbocycles. The van der Waals surface area contributed by atoms with Gasteiger partial charge in [0.1, 0.15) is 23.6 Å². The van der Waals surface area contributed by atoms with Gasteiger partial charge in [0, 0.05) is 32.9 Å². The number of hydrogen-bond donors (Lipinski definition) is 8. The van der Waals surface area contributed by atoms with Crippen LogP contribution in [-0.2, 0) is 27.2 Å². The third-order valence-corrected chi connectivity index (χ3v) is 5.99. The number of benzene rings is 2. The monoisotopic (exact) mass is 521 g/mol. The average Bonchev–Trinajstić information content (AvgIpc) is 2.84. The molecule has 11 nitrogen and oxygen atoms in total. The number of rotatable bonds is 4. The molecule has 0 aliphatic carbocycles. The molecule has 0 saturated heterocycles. The van der Waals surface area contributed by atoms with Crippen LogP contribution in [0.1, 0.15) is 17.5 Å². The molecular formula is C24H32ClN5O6. The molecule has 12 heteroatoms. The van der Waals surface area contributed by atoms with Gasteiger partial charge in [-0.3, -0.25) is 14.4 Å². The summed E-state index contributed by atoms with van der Waals surface area (Å²) in [7, 11) is 1.41. The van der Waals surface area contributed by atoms with Gasteiger partial charge in [0.15, 0.2) is 0 Å². The topological polar surface area (TPSA) is 200 Å². The fourth-order valence-electron chi connectivity index (χ4n) is 3.94. The van der Waals surface area contributed by atoms with Crippen LogP contribution in [0.5, 0.6) is 11.5 Å². The highest BCUT2D eigenvalue weighted by Gasteiger charge is 2.30. The number of amides is 3. The van der Waals surface area contributed by atoms with Gasteiger partial charge in [0.2, 0.25) is 17.7 Å². The molecule has 4 bridgehead atoms. The van der Waals surface area contributed by atoms with E-state index in [1.54, 1.807) is 24.3 Å². The third kappa shape index (κ3) is 6.85. The molecule has 0 fully saturated rings. The Bertz CT molecular complexity index is 1110. The number of phenols is 2. The number of carbonyl (C=O) groups is 3. The average molecular weight is 522 g/mol. The van der Waals surface area contributed by atoms with Crippen molar-refractivity contribution in [3.8, 4) is 22.6 Å². The molecule has 0 spiro atoms. The van der Waals surface area contributed by atoms with Crippen molar-refractivity contribution in [1.29, 1.82) is 0 Å². The van der Waals surface area contributed by atoms with Crippen molar-refractivity contribution in [2.75, 3.05) is 13.6 Å². The molecule has 36 heavy (non-hydrogen) atoms.